The summed E-state index contributed by atoms with van der Waals surface area (Å²) in [5.74, 6) is -0.603. The van der Waals surface area contributed by atoms with Gasteiger partial charge in [0.25, 0.3) is 0 Å². The van der Waals surface area contributed by atoms with Crippen molar-refractivity contribution in [3.63, 3.8) is 0 Å². The summed E-state index contributed by atoms with van der Waals surface area (Å²) < 4.78 is 53.2. The van der Waals surface area contributed by atoms with Gasteiger partial charge in [-0.05, 0) is 30.0 Å². The third-order valence-corrected chi connectivity index (χ3v) is 2.50. The van der Waals surface area contributed by atoms with Gasteiger partial charge in [0.05, 0.1) is 13.2 Å². The molecule has 0 aliphatic rings. The van der Waals surface area contributed by atoms with Crippen LogP contribution in [0.2, 0.25) is 0 Å². The van der Waals surface area contributed by atoms with E-state index in [0.717, 1.165) is 12.1 Å². The molecule has 0 spiro atoms. The van der Waals surface area contributed by atoms with E-state index < -0.39 is 17.9 Å². The number of halogens is 4. The van der Waals surface area contributed by atoms with Crippen LogP contribution in [0.15, 0.2) is 18.2 Å². The molecule has 17 heavy (non-hydrogen) atoms. The third kappa shape index (κ3) is 5.27. The minimum Gasteiger partial charge on any atom is -0.492 e. The fraction of sp³-hybridized carbons (Fsp3) is 0.400. The molecule has 0 unspecified atom stereocenters. The summed E-state index contributed by atoms with van der Waals surface area (Å²) >= 11 is -0.192. The van der Waals surface area contributed by atoms with E-state index >= 15 is 0 Å². The SMILES string of the molecule is OCc1cc(F)ccc1OCCSC(F)(F)F. The maximum atomic E-state index is 12.8. The number of hydrogen-bond acceptors (Lipinski definition) is 3. The summed E-state index contributed by atoms with van der Waals surface area (Å²) in [6.07, 6.45) is 0. The van der Waals surface area contributed by atoms with Gasteiger partial charge in [0, 0.05) is 11.3 Å². The van der Waals surface area contributed by atoms with Crippen LogP contribution in [0.3, 0.4) is 0 Å². The number of hydrogen-bond donors (Lipinski definition) is 1. The van der Waals surface area contributed by atoms with E-state index in [2.05, 4.69) is 0 Å². The van der Waals surface area contributed by atoms with Crippen molar-refractivity contribution < 1.29 is 27.4 Å². The fourth-order valence-electron chi connectivity index (χ4n) is 1.12. The first-order valence-corrected chi connectivity index (χ1v) is 5.63. The molecule has 0 aliphatic carbocycles. The van der Waals surface area contributed by atoms with Gasteiger partial charge in [-0.1, -0.05) is 0 Å². The van der Waals surface area contributed by atoms with Gasteiger partial charge in [-0.3, -0.25) is 0 Å². The molecule has 1 N–H and O–H groups in total. The summed E-state index contributed by atoms with van der Waals surface area (Å²) in [6.45, 7) is -0.595. The first-order chi connectivity index (χ1) is 7.92. The predicted molar refractivity (Wildman–Crippen MR) is 56.3 cm³/mol. The van der Waals surface area contributed by atoms with Gasteiger partial charge in [0.1, 0.15) is 11.6 Å². The van der Waals surface area contributed by atoms with E-state index in [0.29, 0.717) is 0 Å². The molecular weight excluding hydrogens is 260 g/mol. The van der Waals surface area contributed by atoms with Gasteiger partial charge in [-0.2, -0.15) is 13.2 Å². The Kier molecular flexibility index (Phi) is 5.07. The van der Waals surface area contributed by atoms with Crippen LogP contribution in [0.1, 0.15) is 5.56 Å². The molecule has 96 valence electrons. The second-order valence-corrected chi connectivity index (χ2v) is 4.21. The number of aliphatic hydroxyl groups is 1. The fourth-order valence-corrected chi connectivity index (χ4v) is 1.52. The molecule has 0 fully saturated rings. The van der Waals surface area contributed by atoms with E-state index in [1.165, 1.54) is 6.07 Å². The number of thioether (sulfide) groups is 1. The number of benzene rings is 1. The van der Waals surface area contributed by atoms with Gasteiger partial charge >= 0.3 is 5.51 Å². The summed E-state index contributed by atoms with van der Waals surface area (Å²) in [7, 11) is 0. The quantitative estimate of drug-likeness (QED) is 0.659. The van der Waals surface area contributed by atoms with E-state index in [1.807, 2.05) is 0 Å². The molecule has 7 heteroatoms. The zero-order valence-corrected chi connectivity index (χ0v) is 9.45. The summed E-state index contributed by atoms with van der Waals surface area (Å²) in [4.78, 5) is 0. The molecule has 0 saturated heterocycles. The van der Waals surface area contributed by atoms with Crippen LogP contribution in [0.25, 0.3) is 0 Å². The van der Waals surface area contributed by atoms with Gasteiger partial charge in [-0.15, -0.1) is 0 Å². The van der Waals surface area contributed by atoms with Crippen LogP contribution in [-0.2, 0) is 6.61 Å². The molecule has 1 aromatic carbocycles. The molecule has 0 aromatic heterocycles. The lowest BCUT2D eigenvalue weighted by molar-refractivity contribution is -0.0329. The van der Waals surface area contributed by atoms with Crippen molar-refractivity contribution >= 4 is 11.8 Å². The standard InChI is InChI=1S/C10H10F4O2S/c11-8-1-2-9(7(5-8)6-15)16-3-4-17-10(12,13)14/h1-2,5,15H,3-4,6H2. The Morgan fingerprint density at radius 1 is 1.29 bits per heavy atom. The predicted octanol–water partition coefficient (Wildman–Crippen LogP) is 2.95. The second-order valence-electron chi connectivity index (χ2n) is 3.05. The van der Waals surface area contributed by atoms with Crippen LogP contribution in [0, 0.1) is 5.82 Å². The lowest BCUT2D eigenvalue weighted by Crippen LogP contribution is -2.08. The molecule has 0 saturated carbocycles. The monoisotopic (exact) mass is 270 g/mol. The van der Waals surface area contributed by atoms with Crippen LogP contribution in [-0.4, -0.2) is 23.0 Å². The highest BCUT2D eigenvalue weighted by Crippen LogP contribution is 2.30. The Hall–Kier alpha value is -0.950. The molecule has 0 atom stereocenters. The zero-order chi connectivity index (χ0) is 12.9. The van der Waals surface area contributed by atoms with Crippen molar-refractivity contribution in [2.75, 3.05) is 12.4 Å². The first-order valence-electron chi connectivity index (χ1n) is 4.65. The molecule has 0 heterocycles. The minimum atomic E-state index is -4.29. The van der Waals surface area contributed by atoms with Crippen LogP contribution >= 0.6 is 11.8 Å². The molecular formula is C10H10F4O2S. The summed E-state index contributed by atoms with van der Waals surface area (Å²) in [5.41, 5.74) is -4.08. The Morgan fingerprint density at radius 3 is 2.59 bits per heavy atom. The number of aliphatic hydroxyl groups excluding tert-OH is 1. The average molecular weight is 270 g/mol. The number of rotatable bonds is 5. The molecule has 1 aromatic rings. The molecule has 0 amide bonds. The third-order valence-electron chi connectivity index (χ3n) is 1.80. The molecule has 0 aliphatic heterocycles. The highest BCUT2D eigenvalue weighted by Gasteiger charge is 2.27. The lowest BCUT2D eigenvalue weighted by atomic mass is 10.2. The van der Waals surface area contributed by atoms with Crippen LogP contribution in [0.5, 0.6) is 5.75 Å². The van der Waals surface area contributed by atoms with Crippen molar-refractivity contribution in [2.24, 2.45) is 0 Å². The number of ether oxygens (including phenoxy) is 1. The normalized spacial score (nSPS) is 11.6. The maximum absolute atomic E-state index is 12.8. The van der Waals surface area contributed by atoms with Crippen molar-refractivity contribution in [2.45, 2.75) is 12.1 Å². The van der Waals surface area contributed by atoms with E-state index in [1.54, 1.807) is 0 Å². The van der Waals surface area contributed by atoms with Crippen LogP contribution < -0.4 is 4.74 Å². The van der Waals surface area contributed by atoms with E-state index in [9.17, 15) is 17.6 Å². The highest BCUT2D eigenvalue weighted by atomic mass is 32.2. The van der Waals surface area contributed by atoms with E-state index in [-0.39, 0.29) is 35.4 Å². The lowest BCUT2D eigenvalue weighted by Gasteiger charge is -2.10. The van der Waals surface area contributed by atoms with Crippen molar-refractivity contribution in [1.82, 2.24) is 0 Å². The Labute approximate surface area is 99.6 Å². The van der Waals surface area contributed by atoms with Gasteiger partial charge in [0.15, 0.2) is 0 Å². The van der Waals surface area contributed by atoms with Crippen molar-refractivity contribution in [3.8, 4) is 5.75 Å². The highest BCUT2D eigenvalue weighted by molar-refractivity contribution is 8.00. The van der Waals surface area contributed by atoms with Crippen molar-refractivity contribution in [1.29, 1.82) is 0 Å². The second kappa shape index (κ2) is 6.11. The first kappa shape index (κ1) is 14.1. The Bertz CT molecular complexity index is 368. The van der Waals surface area contributed by atoms with Gasteiger partial charge in [-0.25, -0.2) is 4.39 Å². The largest absolute Gasteiger partial charge is 0.492 e. The molecule has 0 bridgehead atoms. The molecule has 2 nitrogen and oxygen atoms in total. The van der Waals surface area contributed by atoms with E-state index in [4.69, 9.17) is 9.84 Å². The summed E-state index contributed by atoms with van der Waals surface area (Å²) in [6, 6.07) is 3.47. The average Bonchev–Trinajstić information content (AvgIpc) is 2.24. The van der Waals surface area contributed by atoms with Gasteiger partial charge in [0.2, 0.25) is 0 Å². The topological polar surface area (TPSA) is 29.5 Å². The van der Waals surface area contributed by atoms with Crippen molar-refractivity contribution in [3.05, 3.63) is 29.6 Å². The van der Waals surface area contributed by atoms with Gasteiger partial charge < -0.3 is 9.84 Å². The Morgan fingerprint density at radius 2 is 2.00 bits per heavy atom. The summed E-state index contributed by atoms with van der Waals surface area (Å²) in [5, 5.41) is 8.90. The zero-order valence-electron chi connectivity index (χ0n) is 8.63. The smallest absolute Gasteiger partial charge is 0.441 e. The molecule has 0 radical (unpaired) electrons. The number of alkyl halides is 3. The van der Waals surface area contributed by atoms with Crippen LogP contribution in [0.4, 0.5) is 17.6 Å². The molecule has 1 rings (SSSR count). The maximum Gasteiger partial charge on any atom is 0.441 e. The minimum absolute atomic E-state index is 0.164. The Balaban J connectivity index is 2.46.